The number of sulfone groups is 1. The molecule has 0 saturated carbocycles. The molecule has 4 heterocycles. The van der Waals surface area contributed by atoms with Crippen LogP contribution in [-0.4, -0.2) is 77.0 Å². The number of urea groups is 1. The average molecular weight is 608 g/mol. The molecule has 0 radical (unpaired) electrons. The van der Waals surface area contributed by atoms with E-state index in [9.17, 15) is 40.4 Å². The fourth-order valence-electron chi connectivity index (χ4n) is 5.50. The number of amides is 4. The molecule has 1 unspecified atom stereocenters. The Bertz CT molecular complexity index is 1770. The zero-order valence-electron chi connectivity index (χ0n) is 21.7. The van der Waals surface area contributed by atoms with Crippen LogP contribution < -0.4 is 10.1 Å². The SMILES string of the molecule is Cn1cc(-c2ccc3c(c2)S(=O)(=O)CC32NC(=O)N(CC(=O)N3Cc4cc(F)ccc4OC[C@H]3C(F)(F)F)C2=O)cn1. The van der Waals surface area contributed by atoms with Crippen LogP contribution in [0.1, 0.15) is 11.1 Å². The van der Waals surface area contributed by atoms with E-state index in [2.05, 4.69) is 10.4 Å². The molecule has 0 bridgehead atoms. The molecule has 1 saturated heterocycles. The minimum Gasteiger partial charge on any atom is -0.491 e. The van der Waals surface area contributed by atoms with Crippen LogP contribution in [0.4, 0.5) is 22.4 Å². The molecule has 2 atom stereocenters. The number of nitrogens with zero attached hydrogens (tertiary/aromatic N) is 4. The maximum atomic E-state index is 14.0. The number of aryl methyl sites for hydroxylation is 1. The number of imide groups is 1. The molecule has 4 amide bonds. The largest absolute Gasteiger partial charge is 0.491 e. The van der Waals surface area contributed by atoms with E-state index in [0.29, 0.717) is 20.9 Å². The molecule has 3 aromatic rings. The Kier molecular flexibility index (Phi) is 6.11. The quantitative estimate of drug-likeness (QED) is 0.357. The Labute approximate surface area is 235 Å². The first-order valence-electron chi connectivity index (χ1n) is 12.5. The first-order chi connectivity index (χ1) is 19.7. The van der Waals surface area contributed by atoms with Crippen LogP contribution >= 0.6 is 0 Å². The third-order valence-electron chi connectivity index (χ3n) is 7.52. The van der Waals surface area contributed by atoms with Crippen LogP contribution in [0.3, 0.4) is 0 Å². The molecular weight excluding hydrogens is 586 g/mol. The van der Waals surface area contributed by atoms with Gasteiger partial charge in [0.15, 0.2) is 21.4 Å². The first kappa shape index (κ1) is 27.7. The summed E-state index contributed by atoms with van der Waals surface area (Å²) in [5.41, 5.74) is -1.04. The molecule has 3 aliphatic rings. The standard InChI is InChI=1S/C26H21F4N5O6S/c1-33-9-16(8-31-33)14-2-4-18-20(7-14)42(39,40)13-25(18)23(37)35(24(38)32-25)11-22(36)34-10-15-6-17(27)3-5-19(15)41-12-21(34)26(28,29)30/h2-9,21H,10-13H2,1H3,(H,32,38)/t21-,25?/m0/s1. The van der Waals surface area contributed by atoms with Gasteiger partial charge in [-0.2, -0.15) is 18.3 Å². The van der Waals surface area contributed by atoms with Gasteiger partial charge < -0.3 is 15.0 Å². The lowest BCUT2D eigenvalue weighted by atomic mass is 9.91. The van der Waals surface area contributed by atoms with Gasteiger partial charge >= 0.3 is 12.2 Å². The summed E-state index contributed by atoms with van der Waals surface area (Å²) in [5, 5.41) is 6.42. The van der Waals surface area contributed by atoms with Gasteiger partial charge in [-0.25, -0.2) is 17.6 Å². The minimum atomic E-state index is -4.96. The Morgan fingerprint density at radius 1 is 1.17 bits per heavy atom. The number of ether oxygens (including phenoxy) is 1. The predicted molar refractivity (Wildman–Crippen MR) is 135 cm³/mol. The molecule has 1 fully saturated rings. The maximum Gasteiger partial charge on any atom is 0.412 e. The number of nitrogens with one attached hydrogen (secondary N) is 1. The highest BCUT2D eigenvalue weighted by atomic mass is 32.2. The van der Waals surface area contributed by atoms with Gasteiger partial charge in [0, 0.05) is 29.9 Å². The summed E-state index contributed by atoms with van der Waals surface area (Å²) in [5.74, 6) is -4.02. The van der Waals surface area contributed by atoms with Crippen LogP contribution in [0.2, 0.25) is 0 Å². The molecule has 2 aromatic carbocycles. The average Bonchev–Trinajstić information content (AvgIpc) is 3.45. The molecule has 1 aromatic heterocycles. The summed E-state index contributed by atoms with van der Waals surface area (Å²) in [7, 11) is -2.43. The molecule has 16 heteroatoms. The van der Waals surface area contributed by atoms with Crippen LogP contribution in [0, 0.1) is 5.82 Å². The number of halogens is 4. The number of benzene rings is 2. The van der Waals surface area contributed by atoms with Gasteiger partial charge in [-0.05, 0) is 29.8 Å². The highest BCUT2D eigenvalue weighted by molar-refractivity contribution is 7.92. The maximum absolute atomic E-state index is 14.0. The fraction of sp³-hybridized carbons (Fsp3) is 0.308. The third-order valence-corrected chi connectivity index (χ3v) is 9.35. The van der Waals surface area contributed by atoms with Gasteiger partial charge in [0.25, 0.3) is 5.91 Å². The minimum absolute atomic E-state index is 0.0239. The number of hydrogen-bond donors (Lipinski definition) is 1. The number of rotatable bonds is 3. The zero-order valence-corrected chi connectivity index (χ0v) is 22.5. The Balaban J connectivity index is 1.31. The number of carbonyl (C=O) groups excluding carboxylic acids is 3. The van der Waals surface area contributed by atoms with E-state index in [4.69, 9.17) is 4.74 Å². The third kappa shape index (κ3) is 4.36. The van der Waals surface area contributed by atoms with E-state index < -0.39 is 76.7 Å². The zero-order chi connectivity index (χ0) is 30.2. The van der Waals surface area contributed by atoms with E-state index in [-0.39, 0.29) is 21.8 Å². The van der Waals surface area contributed by atoms with Crippen molar-refractivity contribution in [3.8, 4) is 16.9 Å². The van der Waals surface area contributed by atoms with Crippen LogP contribution in [0.5, 0.6) is 5.75 Å². The summed E-state index contributed by atoms with van der Waals surface area (Å²) in [4.78, 5) is 40.5. The summed E-state index contributed by atoms with van der Waals surface area (Å²) < 4.78 is 88.8. The molecular formula is C26H21F4N5O6S. The molecule has 3 aliphatic heterocycles. The Hall–Kier alpha value is -4.47. The summed E-state index contributed by atoms with van der Waals surface area (Å²) in [6.07, 6.45) is -1.78. The number of hydrogen-bond acceptors (Lipinski definition) is 7. The van der Waals surface area contributed by atoms with E-state index in [1.807, 2.05) is 0 Å². The molecule has 1 spiro atoms. The lowest BCUT2D eigenvalue weighted by Gasteiger charge is -2.31. The summed E-state index contributed by atoms with van der Waals surface area (Å²) >= 11 is 0. The lowest BCUT2D eigenvalue weighted by Crippen LogP contribution is -2.54. The van der Waals surface area contributed by atoms with Gasteiger partial charge in [-0.3, -0.25) is 19.2 Å². The van der Waals surface area contributed by atoms with Crippen molar-refractivity contribution in [3.05, 3.63) is 65.7 Å². The molecule has 6 rings (SSSR count). The van der Waals surface area contributed by atoms with Gasteiger partial charge in [0.2, 0.25) is 5.91 Å². The Morgan fingerprint density at radius 3 is 2.62 bits per heavy atom. The van der Waals surface area contributed by atoms with Crippen LogP contribution in [0.15, 0.2) is 53.7 Å². The van der Waals surface area contributed by atoms with Crippen LogP contribution in [0.25, 0.3) is 11.1 Å². The van der Waals surface area contributed by atoms with Crippen molar-refractivity contribution in [1.29, 1.82) is 0 Å². The summed E-state index contributed by atoms with van der Waals surface area (Å²) in [6.45, 7) is -2.82. The second-order valence-electron chi connectivity index (χ2n) is 10.2. The molecule has 1 N–H and O–H groups in total. The number of aromatic nitrogens is 2. The monoisotopic (exact) mass is 607 g/mol. The van der Waals surface area contributed by atoms with E-state index in [1.165, 1.54) is 23.0 Å². The van der Waals surface area contributed by atoms with Gasteiger partial charge in [-0.1, -0.05) is 12.1 Å². The van der Waals surface area contributed by atoms with E-state index in [1.54, 1.807) is 19.3 Å². The van der Waals surface area contributed by atoms with Gasteiger partial charge in [0.1, 0.15) is 24.7 Å². The lowest BCUT2D eigenvalue weighted by molar-refractivity contribution is -0.195. The molecule has 220 valence electrons. The number of alkyl halides is 3. The second-order valence-corrected chi connectivity index (χ2v) is 12.2. The van der Waals surface area contributed by atoms with Crippen molar-refractivity contribution in [3.63, 3.8) is 0 Å². The summed E-state index contributed by atoms with van der Waals surface area (Å²) in [6, 6.07) is 3.74. The van der Waals surface area contributed by atoms with Gasteiger partial charge in [0.05, 0.1) is 23.4 Å². The molecule has 11 nitrogen and oxygen atoms in total. The van der Waals surface area contributed by atoms with E-state index >= 15 is 0 Å². The Morgan fingerprint density at radius 2 is 1.93 bits per heavy atom. The predicted octanol–water partition coefficient (Wildman–Crippen LogP) is 2.11. The van der Waals surface area contributed by atoms with Crippen molar-refractivity contribution >= 4 is 27.7 Å². The van der Waals surface area contributed by atoms with Crippen LogP contribution in [-0.2, 0) is 38.6 Å². The first-order valence-corrected chi connectivity index (χ1v) is 14.1. The van der Waals surface area contributed by atoms with Crippen molar-refractivity contribution in [2.24, 2.45) is 7.05 Å². The highest BCUT2D eigenvalue weighted by Crippen LogP contribution is 2.44. The fourth-order valence-corrected chi connectivity index (χ4v) is 7.46. The highest BCUT2D eigenvalue weighted by Gasteiger charge is 2.61. The van der Waals surface area contributed by atoms with Crippen molar-refractivity contribution < 1.29 is 45.1 Å². The van der Waals surface area contributed by atoms with Crippen molar-refractivity contribution in [2.75, 3.05) is 18.9 Å². The van der Waals surface area contributed by atoms with Crippen molar-refractivity contribution in [2.45, 2.75) is 29.2 Å². The second kappa shape index (κ2) is 9.27. The number of carbonyl (C=O) groups is 3. The van der Waals surface area contributed by atoms with Crippen molar-refractivity contribution in [1.82, 2.24) is 24.9 Å². The van der Waals surface area contributed by atoms with E-state index in [0.717, 1.165) is 18.2 Å². The normalized spacial score (nSPS) is 22.9. The van der Waals surface area contributed by atoms with Gasteiger partial charge in [-0.15, -0.1) is 0 Å². The molecule has 0 aliphatic carbocycles. The smallest absolute Gasteiger partial charge is 0.412 e. The number of fused-ring (bicyclic) bond motifs is 3. The molecule has 42 heavy (non-hydrogen) atoms. The topological polar surface area (TPSA) is 131 Å².